The minimum atomic E-state index is 0.000243. The first-order chi connectivity index (χ1) is 9.65. The van der Waals surface area contributed by atoms with Crippen LogP contribution in [0.4, 0.5) is 5.95 Å². The van der Waals surface area contributed by atoms with Crippen LogP contribution in [-0.4, -0.2) is 15.8 Å². The van der Waals surface area contributed by atoms with Crippen LogP contribution < -0.4 is 5.32 Å². The van der Waals surface area contributed by atoms with Crippen molar-refractivity contribution < 1.29 is 4.79 Å². The topological polar surface area (TPSA) is 54.9 Å². The lowest BCUT2D eigenvalue weighted by Gasteiger charge is -2.14. The molecule has 0 spiro atoms. The average Bonchev–Trinajstić information content (AvgIpc) is 2.82. The lowest BCUT2D eigenvalue weighted by molar-refractivity contribution is 0.101. The second-order valence-corrected chi connectivity index (χ2v) is 5.18. The summed E-state index contributed by atoms with van der Waals surface area (Å²) >= 11 is 0. The largest absolute Gasteiger partial charge is 0.347 e. The van der Waals surface area contributed by atoms with E-state index in [1.54, 1.807) is 6.20 Å². The number of Topliss-reactive ketones (excluding diaryl/α,β-unsaturated/α-hetero) is 1. The number of benzene rings is 1. The molecule has 0 saturated heterocycles. The smallest absolute Gasteiger partial charge is 0.223 e. The molecule has 1 aromatic heterocycles. The van der Waals surface area contributed by atoms with Crippen LogP contribution in [0.3, 0.4) is 0 Å². The Morgan fingerprint density at radius 2 is 2.15 bits per heavy atom. The molecule has 0 fully saturated rings. The van der Waals surface area contributed by atoms with Gasteiger partial charge in [0, 0.05) is 6.20 Å². The third kappa shape index (κ3) is 2.29. The Balaban J connectivity index is 1.83. The van der Waals surface area contributed by atoms with Crippen molar-refractivity contribution in [3.8, 4) is 0 Å². The second-order valence-electron chi connectivity index (χ2n) is 5.18. The number of carbonyl (C=O) groups is 1. The number of fused-ring (bicyclic) bond motifs is 1. The van der Waals surface area contributed by atoms with Gasteiger partial charge in [-0.15, -0.1) is 0 Å². The quantitative estimate of drug-likeness (QED) is 0.868. The maximum absolute atomic E-state index is 11.4. The van der Waals surface area contributed by atoms with E-state index in [4.69, 9.17) is 0 Å². The summed E-state index contributed by atoms with van der Waals surface area (Å²) in [5.41, 5.74) is 4.02. The van der Waals surface area contributed by atoms with E-state index in [2.05, 4.69) is 39.6 Å². The minimum absolute atomic E-state index is 0.000243. The number of ketones is 1. The predicted octanol–water partition coefficient (Wildman–Crippen LogP) is 3.09. The fraction of sp³-hybridized carbons (Fsp3) is 0.312. The van der Waals surface area contributed by atoms with E-state index in [1.807, 2.05) is 6.92 Å². The van der Waals surface area contributed by atoms with Gasteiger partial charge in [0.1, 0.15) is 0 Å². The van der Waals surface area contributed by atoms with Crippen molar-refractivity contribution in [2.45, 2.75) is 32.7 Å². The normalized spacial score (nSPS) is 16.8. The Morgan fingerprint density at radius 1 is 1.35 bits per heavy atom. The monoisotopic (exact) mass is 267 g/mol. The highest BCUT2D eigenvalue weighted by atomic mass is 16.1. The van der Waals surface area contributed by atoms with Gasteiger partial charge in [0.05, 0.1) is 17.3 Å². The number of hydrogen-bond donors (Lipinski definition) is 1. The second kappa shape index (κ2) is 5.04. The molecule has 1 aromatic carbocycles. The van der Waals surface area contributed by atoms with Gasteiger partial charge < -0.3 is 5.32 Å². The van der Waals surface area contributed by atoms with Crippen LogP contribution in [0.25, 0.3) is 0 Å². The summed E-state index contributed by atoms with van der Waals surface area (Å²) in [6.45, 7) is 3.37. The average molecular weight is 267 g/mol. The highest BCUT2D eigenvalue weighted by Crippen LogP contribution is 2.32. The Hall–Kier alpha value is -2.23. The SMILES string of the molecule is CC(=O)c1cnc(N[C@@H]2CCc3ccccc32)nc1C. The van der Waals surface area contributed by atoms with Crippen molar-refractivity contribution in [3.63, 3.8) is 0 Å². The Kier molecular flexibility index (Phi) is 3.22. The van der Waals surface area contributed by atoms with Gasteiger partial charge in [-0.05, 0) is 37.8 Å². The molecule has 1 aliphatic rings. The van der Waals surface area contributed by atoms with E-state index in [-0.39, 0.29) is 11.8 Å². The van der Waals surface area contributed by atoms with Crippen LogP contribution in [-0.2, 0) is 6.42 Å². The number of hydrogen-bond acceptors (Lipinski definition) is 4. The van der Waals surface area contributed by atoms with E-state index in [1.165, 1.54) is 18.1 Å². The zero-order valence-electron chi connectivity index (χ0n) is 11.7. The van der Waals surface area contributed by atoms with Crippen molar-refractivity contribution in [3.05, 3.63) is 52.8 Å². The van der Waals surface area contributed by atoms with Crippen molar-refractivity contribution >= 4 is 11.7 Å². The summed E-state index contributed by atoms with van der Waals surface area (Å²) in [4.78, 5) is 20.0. The lowest BCUT2D eigenvalue weighted by Crippen LogP contribution is -2.11. The molecule has 0 radical (unpaired) electrons. The summed E-state index contributed by atoms with van der Waals surface area (Å²) in [6.07, 6.45) is 3.74. The number of anilines is 1. The number of aryl methyl sites for hydroxylation is 2. The Morgan fingerprint density at radius 3 is 2.90 bits per heavy atom. The molecule has 102 valence electrons. The highest BCUT2D eigenvalue weighted by molar-refractivity contribution is 5.94. The fourth-order valence-corrected chi connectivity index (χ4v) is 2.75. The van der Waals surface area contributed by atoms with E-state index in [0.717, 1.165) is 18.5 Å². The third-order valence-corrected chi connectivity index (χ3v) is 3.79. The molecule has 3 rings (SSSR count). The van der Waals surface area contributed by atoms with Gasteiger partial charge in [-0.3, -0.25) is 4.79 Å². The van der Waals surface area contributed by atoms with Crippen LogP contribution in [0.5, 0.6) is 0 Å². The van der Waals surface area contributed by atoms with E-state index >= 15 is 0 Å². The van der Waals surface area contributed by atoms with E-state index in [0.29, 0.717) is 11.5 Å². The van der Waals surface area contributed by atoms with Gasteiger partial charge in [0.25, 0.3) is 0 Å². The Labute approximate surface area is 118 Å². The van der Waals surface area contributed by atoms with E-state index < -0.39 is 0 Å². The molecule has 0 unspecified atom stereocenters. The Bertz CT molecular complexity index is 667. The molecule has 1 N–H and O–H groups in total. The first-order valence-electron chi connectivity index (χ1n) is 6.84. The molecule has 1 atom stereocenters. The zero-order chi connectivity index (χ0) is 14.1. The van der Waals surface area contributed by atoms with Gasteiger partial charge in [-0.2, -0.15) is 0 Å². The van der Waals surface area contributed by atoms with Crippen LogP contribution >= 0.6 is 0 Å². The molecule has 0 saturated carbocycles. The third-order valence-electron chi connectivity index (χ3n) is 3.79. The summed E-state index contributed by atoms with van der Waals surface area (Å²) in [5.74, 6) is 0.592. The predicted molar refractivity (Wildman–Crippen MR) is 77.9 cm³/mol. The van der Waals surface area contributed by atoms with Gasteiger partial charge in [0.2, 0.25) is 5.95 Å². The number of rotatable bonds is 3. The molecular weight excluding hydrogens is 250 g/mol. The molecule has 0 amide bonds. The number of nitrogens with zero attached hydrogens (tertiary/aromatic N) is 2. The molecule has 0 bridgehead atoms. The summed E-state index contributed by atoms with van der Waals surface area (Å²) < 4.78 is 0. The van der Waals surface area contributed by atoms with E-state index in [9.17, 15) is 4.79 Å². The van der Waals surface area contributed by atoms with Gasteiger partial charge in [0.15, 0.2) is 5.78 Å². The summed E-state index contributed by atoms with van der Waals surface area (Å²) in [6, 6.07) is 8.71. The minimum Gasteiger partial charge on any atom is -0.347 e. The molecule has 0 aliphatic heterocycles. The van der Waals surface area contributed by atoms with Crippen molar-refractivity contribution in [2.24, 2.45) is 0 Å². The molecular formula is C16H17N3O. The van der Waals surface area contributed by atoms with Crippen LogP contribution in [0.15, 0.2) is 30.5 Å². The number of nitrogens with one attached hydrogen (secondary N) is 1. The fourth-order valence-electron chi connectivity index (χ4n) is 2.75. The summed E-state index contributed by atoms with van der Waals surface area (Å²) in [7, 11) is 0. The van der Waals surface area contributed by atoms with Crippen molar-refractivity contribution in [1.29, 1.82) is 0 Å². The van der Waals surface area contributed by atoms with Crippen molar-refractivity contribution in [2.75, 3.05) is 5.32 Å². The molecule has 2 aromatic rings. The maximum atomic E-state index is 11.4. The van der Waals surface area contributed by atoms with Crippen molar-refractivity contribution in [1.82, 2.24) is 9.97 Å². The molecule has 4 heteroatoms. The number of carbonyl (C=O) groups excluding carboxylic acids is 1. The number of aromatic nitrogens is 2. The highest BCUT2D eigenvalue weighted by Gasteiger charge is 2.22. The summed E-state index contributed by atoms with van der Waals surface area (Å²) in [5, 5.41) is 3.37. The van der Waals surface area contributed by atoms with Gasteiger partial charge in [-0.25, -0.2) is 9.97 Å². The maximum Gasteiger partial charge on any atom is 0.223 e. The first-order valence-corrected chi connectivity index (χ1v) is 6.84. The molecule has 1 aliphatic carbocycles. The van der Waals surface area contributed by atoms with Gasteiger partial charge >= 0.3 is 0 Å². The van der Waals surface area contributed by atoms with Crippen LogP contribution in [0, 0.1) is 6.92 Å². The standard InChI is InChI=1S/C16H17N3O/c1-10-14(11(2)20)9-17-16(18-10)19-15-8-7-12-5-3-4-6-13(12)15/h3-6,9,15H,7-8H2,1-2H3,(H,17,18,19)/t15-/m1/s1. The molecule has 4 nitrogen and oxygen atoms in total. The zero-order valence-corrected chi connectivity index (χ0v) is 11.7. The van der Waals surface area contributed by atoms with Gasteiger partial charge in [-0.1, -0.05) is 24.3 Å². The first kappa shape index (κ1) is 12.8. The van der Waals surface area contributed by atoms with Crippen LogP contribution in [0.1, 0.15) is 46.6 Å². The molecule has 1 heterocycles. The van der Waals surface area contributed by atoms with Crippen LogP contribution in [0.2, 0.25) is 0 Å². The molecule has 20 heavy (non-hydrogen) atoms. The lowest BCUT2D eigenvalue weighted by atomic mass is 10.1.